The number of fused-ring (bicyclic) bond motifs is 2. The van der Waals surface area contributed by atoms with E-state index in [0.717, 1.165) is 32.1 Å². The van der Waals surface area contributed by atoms with Crippen molar-refractivity contribution >= 4 is 17.7 Å². The van der Waals surface area contributed by atoms with Gasteiger partial charge in [0.25, 0.3) is 5.62 Å². The van der Waals surface area contributed by atoms with Gasteiger partial charge in [-0.1, -0.05) is 24.3 Å². The van der Waals surface area contributed by atoms with Crippen molar-refractivity contribution < 1.29 is 5.11 Å². The average Bonchev–Trinajstić information content (AvgIpc) is 3.42. The predicted octanol–water partition coefficient (Wildman–Crippen LogP) is 0.947. The lowest BCUT2D eigenvalue weighted by Gasteiger charge is -2.26. The molecule has 4 aromatic rings. The third-order valence-corrected chi connectivity index (χ3v) is 5.93. The van der Waals surface area contributed by atoms with Crippen LogP contribution in [-0.4, -0.2) is 40.7 Å². The molecule has 6 rings (SSSR count). The molecule has 162 valence electrons. The molecule has 3 aromatic heterocycles. The smallest absolute Gasteiger partial charge is 0.326 e. The summed E-state index contributed by atoms with van der Waals surface area (Å²) in [6.07, 6.45) is 8.52. The Balaban J connectivity index is 1.48. The summed E-state index contributed by atoms with van der Waals surface area (Å²) in [6.45, 7) is 0. The fraction of sp³-hybridized carbons (Fsp3) is 0.318. The lowest BCUT2D eigenvalue weighted by atomic mass is 9.88. The number of aryl methyl sites for hydroxylation is 1. The lowest BCUT2D eigenvalue weighted by Crippen LogP contribution is -2.26. The van der Waals surface area contributed by atoms with Crippen LogP contribution in [0.5, 0.6) is 5.88 Å². The molecule has 3 heterocycles. The Morgan fingerprint density at radius 3 is 2.88 bits per heavy atom. The number of aromatic amines is 2. The molecule has 1 aromatic carbocycles. The second-order valence-electron chi connectivity index (χ2n) is 8.32. The van der Waals surface area contributed by atoms with Crippen LogP contribution in [0.2, 0.25) is 0 Å². The third-order valence-electron chi connectivity index (χ3n) is 5.93. The highest BCUT2D eigenvalue weighted by Crippen LogP contribution is 2.31. The van der Waals surface area contributed by atoms with Gasteiger partial charge in [-0.25, -0.2) is 9.79 Å². The molecule has 1 atom stereocenters. The molecule has 0 bridgehead atoms. The van der Waals surface area contributed by atoms with Crippen molar-refractivity contribution in [1.82, 2.24) is 29.5 Å². The quantitative estimate of drug-likeness (QED) is 0.381. The van der Waals surface area contributed by atoms with Gasteiger partial charge in [0.2, 0.25) is 11.8 Å². The van der Waals surface area contributed by atoms with Crippen molar-refractivity contribution in [1.29, 1.82) is 0 Å². The molecule has 0 radical (unpaired) electrons. The largest absolute Gasteiger partial charge is 0.493 e. The van der Waals surface area contributed by atoms with Gasteiger partial charge >= 0.3 is 5.69 Å². The molecule has 0 unspecified atom stereocenters. The van der Waals surface area contributed by atoms with E-state index in [0.29, 0.717) is 22.4 Å². The van der Waals surface area contributed by atoms with Crippen molar-refractivity contribution in [2.45, 2.75) is 44.2 Å². The molecule has 0 spiro atoms. The van der Waals surface area contributed by atoms with Crippen molar-refractivity contribution in [3.05, 3.63) is 68.6 Å². The second-order valence-corrected chi connectivity index (χ2v) is 8.32. The van der Waals surface area contributed by atoms with E-state index in [-0.39, 0.29) is 23.7 Å². The molecule has 4 N–H and O–H groups in total. The lowest BCUT2D eigenvalue weighted by molar-refractivity contribution is 0.454. The van der Waals surface area contributed by atoms with Gasteiger partial charge in [0.15, 0.2) is 5.65 Å². The summed E-state index contributed by atoms with van der Waals surface area (Å²) < 4.78 is 1.60. The molecule has 10 heteroatoms. The first kappa shape index (κ1) is 18.8. The number of hydrogen-bond donors (Lipinski definition) is 4. The molecule has 0 aliphatic heterocycles. The normalized spacial score (nSPS) is 19.4. The van der Waals surface area contributed by atoms with Gasteiger partial charge in [-0.3, -0.25) is 4.98 Å². The summed E-state index contributed by atoms with van der Waals surface area (Å²) >= 11 is 0. The Bertz CT molecular complexity index is 1490. The molecule has 32 heavy (non-hydrogen) atoms. The standard InChI is InChI=1S/C22H22N8O2/c31-19-17(26-22(32)28-19)10-13-11-23-30-18(13)27-20(29-21(30)24-14-8-9-14)25-16-7-3-5-12-4-1-2-6-15(12)16/h1-2,4,6,10-11,14,16,31H,3,5,7-9H2,(H,24,25,29)(H2,26,28,32)/t16-/m0/s1. The van der Waals surface area contributed by atoms with Crippen LogP contribution in [0.3, 0.4) is 0 Å². The number of hydrogen-bond acceptors (Lipinski definition) is 7. The maximum Gasteiger partial charge on any atom is 0.326 e. The maximum absolute atomic E-state index is 11.5. The summed E-state index contributed by atoms with van der Waals surface area (Å²) in [5.74, 6) is 0.254. The van der Waals surface area contributed by atoms with E-state index in [1.165, 1.54) is 11.1 Å². The SMILES string of the molecule is O=c1[nH]c(O)c(C=c2cnn3c(=NC4CC4)nc(N[C@H]4CCCc5ccccc54)nc23)[nH]1. The number of nitrogens with one attached hydrogen (secondary N) is 3. The second kappa shape index (κ2) is 7.33. The molecule has 1 saturated carbocycles. The van der Waals surface area contributed by atoms with E-state index in [1.807, 2.05) is 0 Å². The van der Waals surface area contributed by atoms with E-state index in [1.54, 1.807) is 16.8 Å². The van der Waals surface area contributed by atoms with Crippen LogP contribution in [0.4, 0.5) is 5.95 Å². The zero-order valence-corrected chi connectivity index (χ0v) is 17.2. The van der Waals surface area contributed by atoms with Crippen LogP contribution in [0.1, 0.15) is 48.5 Å². The van der Waals surface area contributed by atoms with Gasteiger partial charge in [0, 0.05) is 5.22 Å². The number of benzene rings is 1. The topological polar surface area (TPSA) is 136 Å². The van der Waals surface area contributed by atoms with Gasteiger partial charge in [0.1, 0.15) is 5.69 Å². The number of aromatic hydroxyl groups is 1. The number of imidazole rings is 1. The van der Waals surface area contributed by atoms with Crippen LogP contribution < -0.4 is 21.8 Å². The molecule has 0 amide bonds. The van der Waals surface area contributed by atoms with E-state index < -0.39 is 5.69 Å². The minimum atomic E-state index is -0.484. The molecule has 1 fully saturated rings. The van der Waals surface area contributed by atoms with Crippen LogP contribution in [-0.2, 0) is 6.42 Å². The van der Waals surface area contributed by atoms with E-state index in [9.17, 15) is 9.90 Å². The number of rotatable bonds is 4. The Kier molecular flexibility index (Phi) is 4.30. The summed E-state index contributed by atoms with van der Waals surface area (Å²) in [6, 6.07) is 8.85. The van der Waals surface area contributed by atoms with Crippen molar-refractivity contribution in [2.75, 3.05) is 5.32 Å². The number of nitrogens with zero attached hydrogens (tertiary/aromatic N) is 5. The Morgan fingerprint density at radius 1 is 1.19 bits per heavy atom. The molecule has 2 aliphatic carbocycles. The zero-order valence-electron chi connectivity index (χ0n) is 17.2. The van der Waals surface area contributed by atoms with Crippen molar-refractivity contribution in [3.8, 4) is 5.88 Å². The highest BCUT2D eigenvalue weighted by atomic mass is 16.3. The van der Waals surface area contributed by atoms with Gasteiger partial charge < -0.3 is 15.4 Å². The third kappa shape index (κ3) is 3.43. The number of anilines is 1. The Morgan fingerprint density at radius 2 is 2.06 bits per heavy atom. The summed E-state index contributed by atoms with van der Waals surface area (Å²) in [5, 5.41) is 18.5. The number of H-pyrrole nitrogens is 2. The van der Waals surface area contributed by atoms with E-state index in [4.69, 9.17) is 9.98 Å². The maximum atomic E-state index is 11.5. The van der Waals surface area contributed by atoms with E-state index in [2.05, 4.69) is 49.6 Å². The first-order chi connectivity index (χ1) is 15.6. The molecule has 10 nitrogen and oxygen atoms in total. The van der Waals surface area contributed by atoms with Crippen molar-refractivity contribution in [2.24, 2.45) is 4.99 Å². The monoisotopic (exact) mass is 430 g/mol. The Hall–Kier alpha value is -3.95. The summed E-state index contributed by atoms with van der Waals surface area (Å²) in [5.41, 5.74) is 3.45. The highest BCUT2D eigenvalue weighted by Gasteiger charge is 2.23. The van der Waals surface area contributed by atoms with Crippen molar-refractivity contribution in [3.63, 3.8) is 0 Å². The van der Waals surface area contributed by atoms with Crippen LogP contribution in [0, 0.1) is 0 Å². The highest BCUT2D eigenvalue weighted by molar-refractivity contribution is 5.57. The first-order valence-corrected chi connectivity index (χ1v) is 10.8. The van der Waals surface area contributed by atoms with E-state index >= 15 is 0 Å². The first-order valence-electron chi connectivity index (χ1n) is 10.8. The average molecular weight is 430 g/mol. The fourth-order valence-corrected chi connectivity index (χ4v) is 4.20. The van der Waals surface area contributed by atoms with Gasteiger partial charge in [-0.15, -0.1) is 0 Å². The van der Waals surface area contributed by atoms with Crippen LogP contribution in [0.15, 0.2) is 40.2 Å². The van der Waals surface area contributed by atoms with Crippen LogP contribution in [0.25, 0.3) is 11.7 Å². The molecular weight excluding hydrogens is 408 g/mol. The predicted molar refractivity (Wildman–Crippen MR) is 117 cm³/mol. The van der Waals surface area contributed by atoms with Crippen LogP contribution >= 0.6 is 0 Å². The molecule has 0 saturated heterocycles. The van der Waals surface area contributed by atoms with Gasteiger partial charge in [0.05, 0.1) is 18.3 Å². The Labute approximate surface area is 181 Å². The molecular formula is C22H22N8O2. The van der Waals surface area contributed by atoms with Gasteiger partial charge in [-0.2, -0.15) is 19.6 Å². The summed E-state index contributed by atoms with van der Waals surface area (Å²) in [4.78, 5) is 30.5. The molecule has 2 aliphatic rings. The minimum Gasteiger partial charge on any atom is -0.493 e. The van der Waals surface area contributed by atoms with Gasteiger partial charge in [-0.05, 0) is 49.3 Å². The fourth-order valence-electron chi connectivity index (χ4n) is 4.20. The zero-order chi connectivity index (χ0) is 21.7. The number of aromatic nitrogens is 6. The minimum absolute atomic E-state index is 0.122. The summed E-state index contributed by atoms with van der Waals surface area (Å²) in [7, 11) is 0.